The first-order valence-corrected chi connectivity index (χ1v) is 9.77. The Hall–Kier alpha value is -1.51. The van der Waals surface area contributed by atoms with Crippen LogP contribution < -0.4 is 5.32 Å². The zero-order valence-corrected chi connectivity index (χ0v) is 14.5. The van der Waals surface area contributed by atoms with Crippen molar-refractivity contribution in [2.24, 2.45) is 0 Å². The lowest BCUT2D eigenvalue weighted by molar-refractivity contribution is -0.121. The summed E-state index contributed by atoms with van der Waals surface area (Å²) in [5.41, 5.74) is 0.782. The van der Waals surface area contributed by atoms with Crippen LogP contribution >= 0.6 is 0 Å². The molecule has 1 unspecified atom stereocenters. The van der Waals surface area contributed by atoms with Gasteiger partial charge < -0.3 is 10.1 Å². The van der Waals surface area contributed by atoms with E-state index in [0.717, 1.165) is 24.7 Å². The fraction of sp³-hybridized carbons (Fsp3) is 0.562. The predicted molar refractivity (Wildman–Crippen MR) is 88.3 cm³/mol. The minimum atomic E-state index is -3.39. The van der Waals surface area contributed by atoms with Crippen LogP contribution in [-0.2, 0) is 26.1 Å². The number of carbonyl (C=O) groups is 1. The van der Waals surface area contributed by atoms with Gasteiger partial charge in [0.15, 0.2) is 0 Å². The van der Waals surface area contributed by atoms with Gasteiger partial charge in [0.05, 0.1) is 12.4 Å². The third-order valence-electron chi connectivity index (χ3n) is 3.89. The van der Waals surface area contributed by atoms with Crippen molar-refractivity contribution in [2.45, 2.75) is 31.9 Å². The maximum atomic E-state index is 12.8. The Morgan fingerprint density at radius 3 is 2.67 bits per heavy atom. The normalized spacial score (nSPS) is 18.0. The van der Waals surface area contributed by atoms with Crippen LogP contribution in [-0.4, -0.2) is 50.7 Å². The summed E-state index contributed by atoms with van der Waals surface area (Å²) in [6, 6.07) is 5.84. The fourth-order valence-electron chi connectivity index (χ4n) is 2.53. The highest BCUT2D eigenvalue weighted by molar-refractivity contribution is 7.88. The van der Waals surface area contributed by atoms with Crippen molar-refractivity contribution in [3.63, 3.8) is 0 Å². The number of amides is 1. The van der Waals surface area contributed by atoms with Gasteiger partial charge in [-0.05, 0) is 30.5 Å². The van der Waals surface area contributed by atoms with E-state index in [4.69, 9.17) is 4.74 Å². The maximum Gasteiger partial charge on any atom is 0.221 e. The number of nitrogens with one attached hydrogen (secondary N) is 1. The molecule has 0 saturated carbocycles. The van der Waals surface area contributed by atoms with E-state index in [0.29, 0.717) is 6.61 Å². The fourth-order valence-corrected chi connectivity index (χ4v) is 3.39. The molecule has 1 aromatic rings. The minimum Gasteiger partial charge on any atom is -0.377 e. The third kappa shape index (κ3) is 6.18. The highest BCUT2D eigenvalue weighted by Gasteiger charge is 2.25. The van der Waals surface area contributed by atoms with Gasteiger partial charge >= 0.3 is 0 Å². The van der Waals surface area contributed by atoms with E-state index in [1.165, 1.54) is 16.4 Å². The molecule has 1 N–H and O–H groups in total. The summed E-state index contributed by atoms with van der Waals surface area (Å²) in [4.78, 5) is 11.9. The number of nitrogens with zero attached hydrogens (tertiary/aromatic N) is 1. The highest BCUT2D eigenvalue weighted by atomic mass is 32.2. The second-order valence-electron chi connectivity index (χ2n) is 5.91. The summed E-state index contributed by atoms with van der Waals surface area (Å²) in [6.07, 6.45) is 2.88. The van der Waals surface area contributed by atoms with Crippen LogP contribution in [0.25, 0.3) is 0 Å². The van der Waals surface area contributed by atoms with Crippen LogP contribution in [0.4, 0.5) is 4.39 Å². The molecule has 1 aliphatic heterocycles. The second-order valence-corrected chi connectivity index (χ2v) is 7.89. The molecule has 0 spiro atoms. The molecule has 2 rings (SSSR count). The molecule has 1 heterocycles. The minimum absolute atomic E-state index is 0.0704. The SMILES string of the molecule is CS(=O)(=O)N(CCC(=O)NCc1ccc(F)cc1)CC1CCCO1. The number of carbonyl (C=O) groups excluding carboxylic acids is 1. The first-order chi connectivity index (χ1) is 11.3. The average Bonchev–Trinajstić information content (AvgIpc) is 3.03. The van der Waals surface area contributed by atoms with E-state index in [-0.39, 0.29) is 43.9 Å². The van der Waals surface area contributed by atoms with Crippen LogP contribution in [0, 0.1) is 5.82 Å². The van der Waals surface area contributed by atoms with Gasteiger partial charge in [-0.15, -0.1) is 0 Å². The maximum absolute atomic E-state index is 12.8. The summed E-state index contributed by atoms with van der Waals surface area (Å²) >= 11 is 0. The first-order valence-electron chi connectivity index (χ1n) is 7.92. The number of ether oxygens (including phenoxy) is 1. The third-order valence-corrected chi connectivity index (χ3v) is 5.16. The molecule has 1 aromatic carbocycles. The average molecular weight is 358 g/mol. The lowest BCUT2D eigenvalue weighted by Gasteiger charge is -2.22. The number of hydrogen-bond donors (Lipinski definition) is 1. The van der Waals surface area contributed by atoms with Crippen LogP contribution in [0.2, 0.25) is 0 Å². The molecule has 0 radical (unpaired) electrons. The Balaban J connectivity index is 1.79. The van der Waals surface area contributed by atoms with Gasteiger partial charge in [0.2, 0.25) is 15.9 Å². The molecule has 1 aliphatic rings. The Bertz CT molecular complexity index is 643. The van der Waals surface area contributed by atoms with Gasteiger partial charge in [-0.3, -0.25) is 4.79 Å². The Morgan fingerprint density at radius 1 is 1.38 bits per heavy atom. The van der Waals surface area contributed by atoms with Crippen LogP contribution in [0.1, 0.15) is 24.8 Å². The van der Waals surface area contributed by atoms with Gasteiger partial charge in [0.1, 0.15) is 5.82 Å². The van der Waals surface area contributed by atoms with E-state index in [9.17, 15) is 17.6 Å². The Kier molecular flexibility index (Phi) is 6.70. The molecule has 1 fully saturated rings. The summed E-state index contributed by atoms with van der Waals surface area (Å²) in [7, 11) is -3.39. The molecular weight excluding hydrogens is 335 g/mol. The molecule has 8 heteroatoms. The molecule has 6 nitrogen and oxygen atoms in total. The van der Waals surface area contributed by atoms with E-state index >= 15 is 0 Å². The zero-order valence-electron chi connectivity index (χ0n) is 13.7. The molecule has 24 heavy (non-hydrogen) atoms. The van der Waals surface area contributed by atoms with Gasteiger partial charge in [-0.2, -0.15) is 4.31 Å². The molecule has 134 valence electrons. The van der Waals surface area contributed by atoms with Crippen LogP contribution in [0.5, 0.6) is 0 Å². The molecule has 0 aromatic heterocycles. The summed E-state index contributed by atoms with van der Waals surface area (Å²) < 4.78 is 43.3. The summed E-state index contributed by atoms with van der Waals surface area (Å²) in [5.74, 6) is -0.580. The van der Waals surface area contributed by atoms with Crippen molar-refractivity contribution in [3.8, 4) is 0 Å². The Labute approximate surface area is 142 Å². The summed E-state index contributed by atoms with van der Waals surface area (Å²) in [6.45, 7) is 1.34. The molecule has 1 saturated heterocycles. The Morgan fingerprint density at radius 2 is 2.08 bits per heavy atom. The lowest BCUT2D eigenvalue weighted by Crippen LogP contribution is -2.39. The standard InChI is InChI=1S/C16H23FN2O4S/c1-24(21,22)19(12-15-3-2-10-23-15)9-8-16(20)18-11-13-4-6-14(17)7-5-13/h4-7,15H,2-3,8-12H2,1H3,(H,18,20). The lowest BCUT2D eigenvalue weighted by atomic mass is 10.2. The smallest absolute Gasteiger partial charge is 0.221 e. The number of halogens is 1. The van der Waals surface area contributed by atoms with E-state index in [2.05, 4.69) is 5.32 Å². The van der Waals surface area contributed by atoms with Gasteiger partial charge in [-0.25, -0.2) is 12.8 Å². The van der Waals surface area contributed by atoms with E-state index < -0.39 is 10.0 Å². The quantitative estimate of drug-likeness (QED) is 0.759. The van der Waals surface area contributed by atoms with Gasteiger partial charge in [0, 0.05) is 32.7 Å². The number of benzene rings is 1. The van der Waals surface area contributed by atoms with Crippen molar-refractivity contribution in [3.05, 3.63) is 35.6 Å². The van der Waals surface area contributed by atoms with E-state index in [1.807, 2.05) is 0 Å². The topological polar surface area (TPSA) is 75.7 Å². The molecule has 0 aliphatic carbocycles. The van der Waals surface area contributed by atoms with E-state index in [1.54, 1.807) is 12.1 Å². The summed E-state index contributed by atoms with van der Waals surface area (Å²) in [5, 5.41) is 2.70. The molecule has 1 atom stereocenters. The van der Waals surface area contributed by atoms with Crippen molar-refractivity contribution >= 4 is 15.9 Å². The van der Waals surface area contributed by atoms with Crippen LogP contribution in [0.3, 0.4) is 0 Å². The van der Waals surface area contributed by atoms with Gasteiger partial charge in [0.25, 0.3) is 0 Å². The molecular formula is C16H23FN2O4S. The molecule has 0 bridgehead atoms. The van der Waals surface area contributed by atoms with Crippen LogP contribution in [0.15, 0.2) is 24.3 Å². The van der Waals surface area contributed by atoms with Crippen molar-refractivity contribution in [2.75, 3.05) is 26.0 Å². The largest absolute Gasteiger partial charge is 0.377 e. The highest BCUT2D eigenvalue weighted by Crippen LogP contribution is 2.15. The monoisotopic (exact) mass is 358 g/mol. The van der Waals surface area contributed by atoms with Gasteiger partial charge in [-0.1, -0.05) is 12.1 Å². The number of hydrogen-bond acceptors (Lipinski definition) is 4. The van der Waals surface area contributed by atoms with Crippen molar-refractivity contribution < 1.29 is 22.3 Å². The molecule has 1 amide bonds. The zero-order chi connectivity index (χ0) is 17.6. The second kappa shape index (κ2) is 8.55. The predicted octanol–water partition coefficient (Wildman–Crippen LogP) is 1.27. The van der Waals surface area contributed by atoms with Crippen molar-refractivity contribution in [1.29, 1.82) is 0 Å². The van der Waals surface area contributed by atoms with Crippen molar-refractivity contribution in [1.82, 2.24) is 9.62 Å². The first kappa shape index (κ1) is 18.8. The number of sulfonamides is 1. The number of rotatable bonds is 8.